The molecule has 1 aromatic heterocycles. The van der Waals surface area contributed by atoms with Gasteiger partial charge >= 0.3 is 0 Å². The molecular formula is C10H16N2OS. The summed E-state index contributed by atoms with van der Waals surface area (Å²) in [4.78, 5) is 5.39. The monoisotopic (exact) mass is 212 g/mol. The molecule has 2 heterocycles. The molecule has 1 aliphatic rings. The molecule has 3 nitrogen and oxygen atoms in total. The predicted octanol–water partition coefficient (Wildman–Crippen LogP) is 1.97. The lowest BCUT2D eigenvalue weighted by Gasteiger charge is -2.26. The number of hydrogen-bond acceptors (Lipinski definition) is 4. The number of nitrogens with one attached hydrogen (secondary N) is 1. The largest absolute Gasteiger partial charge is 0.380 e. The standard InChI is InChI=1S/C10H16N2OS/c1-8(10-5-11-7-14-10)12-9-3-2-4-13-6-9/h5,7-9,12H,2-4,6H2,1H3. The molecule has 1 saturated heterocycles. The first kappa shape index (κ1) is 10.1. The Hall–Kier alpha value is -0.450. The third-order valence-corrected chi connectivity index (χ3v) is 3.48. The van der Waals surface area contributed by atoms with Crippen molar-refractivity contribution in [3.8, 4) is 0 Å². The Bertz CT molecular complexity index is 257. The molecule has 1 N–H and O–H groups in total. The summed E-state index contributed by atoms with van der Waals surface area (Å²) in [5.41, 5.74) is 1.88. The van der Waals surface area contributed by atoms with Crippen LogP contribution in [0.5, 0.6) is 0 Å². The Labute approximate surface area is 88.5 Å². The maximum atomic E-state index is 5.43. The van der Waals surface area contributed by atoms with Gasteiger partial charge in [-0.1, -0.05) is 0 Å². The van der Waals surface area contributed by atoms with Crippen LogP contribution in [0.4, 0.5) is 0 Å². The van der Waals surface area contributed by atoms with Crippen molar-refractivity contribution in [1.29, 1.82) is 0 Å². The molecular weight excluding hydrogens is 196 g/mol. The van der Waals surface area contributed by atoms with E-state index < -0.39 is 0 Å². The fraction of sp³-hybridized carbons (Fsp3) is 0.700. The van der Waals surface area contributed by atoms with Gasteiger partial charge in [0.1, 0.15) is 0 Å². The lowest BCUT2D eigenvalue weighted by atomic mass is 10.1. The molecule has 0 spiro atoms. The molecule has 14 heavy (non-hydrogen) atoms. The van der Waals surface area contributed by atoms with Crippen LogP contribution in [0.1, 0.15) is 30.7 Å². The van der Waals surface area contributed by atoms with E-state index in [1.807, 2.05) is 11.7 Å². The Balaban J connectivity index is 1.84. The van der Waals surface area contributed by atoms with E-state index in [1.54, 1.807) is 11.3 Å². The van der Waals surface area contributed by atoms with Gasteiger partial charge in [-0.15, -0.1) is 11.3 Å². The first-order valence-electron chi connectivity index (χ1n) is 5.08. The highest BCUT2D eigenvalue weighted by molar-refractivity contribution is 7.09. The van der Waals surface area contributed by atoms with E-state index in [9.17, 15) is 0 Å². The molecule has 1 fully saturated rings. The fourth-order valence-corrected chi connectivity index (χ4v) is 2.38. The van der Waals surface area contributed by atoms with Gasteiger partial charge in [0.25, 0.3) is 0 Å². The van der Waals surface area contributed by atoms with E-state index in [2.05, 4.69) is 17.2 Å². The number of aromatic nitrogens is 1. The van der Waals surface area contributed by atoms with Crippen LogP contribution in [0.3, 0.4) is 0 Å². The Morgan fingerprint density at radius 2 is 2.64 bits per heavy atom. The summed E-state index contributed by atoms with van der Waals surface area (Å²) >= 11 is 1.71. The maximum Gasteiger partial charge on any atom is 0.0794 e. The van der Waals surface area contributed by atoms with Crippen LogP contribution in [-0.4, -0.2) is 24.2 Å². The third kappa shape index (κ3) is 2.53. The quantitative estimate of drug-likeness (QED) is 0.832. The number of thiazole rings is 1. The molecule has 0 aromatic carbocycles. The number of rotatable bonds is 3. The second-order valence-electron chi connectivity index (χ2n) is 3.71. The van der Waals surface area contributed by atoms with Crippen molar-refractivity contribution in [2.75, 3.05) is 13.2 Å². The van der Waals surface area contributed by atoms with E-state index in [0.29, 0.717) is 12.1 Å². The Morgan fingerprint density at radius 3 is 3.29 bits per heavy atom. The minimum absolute atomic E-state index is 0.397. The normalized spacial score (nSPS) is 24.8. The topological polar surface area (TPSA) is 34.1 Å². The molecule has 2 atom stereocenters. The maximum absolute atomic E-state index is 5.43. The van der Waals surface area contributed by atoms with Crippen LogP contribution in [0.2, 0.25) is 0 Å². The van der Waals surface area contributed by atoms with Gasteiger partial charge in [-0.2, -0.15) is 0 Å². The summed E-state index contributed by atoms with van der Waals surface area (Å²) in [6.07, 6.45) is 4.34. The van der Waals surface area contributed by atoms with Gasteiger partial charge in [-0.05, 0) is 19.8 Å². The van der Waals surface area contributed by atoms with Crippen LogP contribution < -0.4 is 5.32 Å². The average molecular weight is 212 g/mol. The summed E-state index contributed by atoms with van der Waals surface area (Å²) in [6, 6.07) is 0.912. The van der Waals surface area contributed by atoms with E-state index >= 15 is 0 Å². The van der Waals surface area contributed by atoms with Crippen molar-refractivity contribution in [3.63, 3.8) is 0 Å². The lowest BCUT2D eigenvalue weighted by molar-refractivity contribution is 0.0672. The van der Waals surface area contributed by atoms with Gasteiger partial charge in [-0.25, -0.2) is 0 Å². The summed E-state index contributed by atoms with van der Waals surface area (Å²) in [5, 5.41) is 3.57. The Morgan fingerprint density at radius 1 is 1.71 bits per heavy atom. The smallest absolute Gasteiger partial charge is 0.0794 e. The van der Waals surface area contributed by atoms with Crippen LogP contribution in [0, 0.1) is 0 Å². The van der Waals surface area contributed by atoms with Crippen LogP contribution in [0.15, 0.2) is 11.7 Å². The number of nitrogens with zero attached hydrogens (tertiary/aromatic N) is 1. The van der Waals surface area contributed by atoms with Crippen molar-refractivity contribution >= 4 is 11.3 Å². The third-order valence-electron chi connectivity index (χ3n) is 2.52. The minimum Gasteiger partial charge on any atom is -0.380 e. The number of hydrogen-bond donors (Lipinski definition) is 1. The lowest BCUT2D eigenvalue weighted by Crippen LogP contribution is -2.38. The van der Waals surface area contributed by atoms with Gasteiger partial charge in [0.05, 0.1) is 12.1 Å². The SMILES string of the molecule is CC(NC1CCCOC1)c1cncs1. The first-order chi connectivity index (χ1) is 6.86. The van der Waals surface area contributed by atoms with E-state index in [4.69, 9.17) is 4.74 Å². The highest BCUT2D eigenvalue weighted by Gasteiger charge is 2.17. The second kappa shape index (κ2) is 4.87. The zero-order valence-corrected chi connectivity index (χ0v) is 9.22. The van der Waals surface area contributed by atoms with Gasteiger partial charge in [0.15, 0.2) is 0 Å². The fourth-order valence-electron chi connectivity index (χ4n) is 1.75. The molecule has 2 rings (SSSR count). The van der Waals surface area contributed by atoms with Crippen LogP contribution in [0.25, 0.3) is 0 Å². The van der Waals surface area contributed by atoms with Crippen molar-refractivity contribution in [3.05, 3.63) is 16.6 Å². The highest BCUT2D eigenvalue weighted by Crippen LogP contribution is 2.18. The van der Waals surface area contributed by atoms with Gasteiger partial charge in [0.2, 0.25) is 0 Å². The molecule has 4 heteroatoms. The summed E-state index contributed by atoms with van der Waals surface area (Å²) in [6.45, 7) is 3.96. The summed E-state index contributed by atoms with van der Waals surface area (Å²) in [5.74, 6) is 0. The van der Waals surface area contributed by atoms with E-state index in [0.717, 1.165) is 13.2 Å². The summed E-state index contributed by atoms with van der Waals surface area (Å²) in [7, 11) is 0. The van der Waals surface area contributed by atoms with Crippen LogP contribution in [-0.2, 0) is 4.74 Å². The van der Waals surface area contributed by atoms with Gasteiger partial charge < -0.3 is 10.1 Å². The molecule has 0 aliphatic carbocycles. The first-order valence-corrected chi connectivity index (χ1v) is 5.96. The van der Waals surface area contributed by atoms with Crippen molar-refractivity contribution < 1.29 is 4.74 Å². The molecule has 0 bridgehead atoms. The zero-order chi connectivity index (χ0) is 9.80. The van der Waals surface area contributed by atoms with Crippen LogP contribution >= 0.6 is 11.3 Å². The Kier molecular flexibility index (Phi) is 3.50. The summed E-state index contributed by atoms with van der Waals surface area (Å²) < 4.78 is 5.43. The molecule has 2 unspecified atom stereocenters. The zero-order valence-electron chi connectivity index (χ0n) is 8.40. The van der Waals surface area contributed by atoms with Crippen molar-refractivity contribution in [2.45, 2.75) is 31.8 Å². The predicted molar refractivity (Wildman–Crippen MR) is 57.5 cm³/mol. The van der Waals surface area contributed by atoms with Gasteiger partial charge in [-0.3, -0.25) is 4.98 Å². The second-order valence-corrected chi connectivity index (χ2v) is 4.62. The van der Waals surface area contributed by atoms with Gasteiger partial charge in [0, 0.05) is 29.8 Å². The van der Waals surface area contributed by atoms with Crippen molar-refractivity contribution in [1.82, 2.24) is 10.3 Å². The molecule has 0 saturated carbocycles. The highest BCUT2D eigenvalue weighted by atomic mass is 32.1. The number of ether oxygens (including phenoxy) is 1. The molecule has 0 amide bonds. The molecule has 0 radical (unpaired) electrons. The van der Waals surface area contributed by atoms with Crippen molar-refractivity contribution in [2.24, 2.45) is 0 Å². The van der Waals surface area contributed by atoms with E-state index in [-0.39, 0.29) is 0 Å². The average Bonchev–Trinajstić information content (AvgIpc) is 2.72. The minimum atomic E-state index is 0.397. The molecule has 78 valence electrons. The molecule has 1 aromatic rings. The molecule has 1 aliphatic heterocycles. The van der Waals surface area contributed by atoms with E-state index in [1.165, 1.54) is 17.7 Å².